The third-order valence-electron chi connectivity index (χ3n) is 0.931. The Balaban J connectivity index is 3.17. The molecule has 4 N–H and O–H groups in total. The molecule has 0 aromatic heterocycles. The van der Waals surface area contributed by atoms with Crippen molar-refractivity contribution in [3.8, 4) is 0 Å². The van der Waals surface area contributed by atoms with Crippen molar-refractivity contribution < 1.29 is 1.37 Å². The van der Waals surface area contributed by atoms with E-state index in [0.717, 1.165) is 0 Å². The molecule has 1 aromatic rings. The van der Waals surface area contributed by atoms with Crippen molar-refractivity contribution in [1.82, 2.24) is 0 Å². The quantitative estimate of drug-likeness (QED) is 0.485. The number of benzene rings is 1. The average molecular weight is 109 g/mol. The number of nitrogen functional groups attached to an aromatic ring is 2. The Morgan fingerprint density at radius 1 is 1.25 bits per heavy atom. The molecule has 0 saturated heterocycles. The molecule has 0 fully saturated rings. The van der Waals surface area contributed by atoms with Crippen LogP contribution in [0.3, 0.4) is 0 Å². The van der Waals surface area contributed by atoms with Crippen molar-refractivity contribution in [3.63, 3.8) is 0 Å². The van der Waals surface area contributed by atoms with Gasteiger partial charge in [0, 0.05) is 0 Å². The Hall–Kier alpha value is -1.18. The second kappa shape index (κ2) is 1.74. The van der Waals surface area contributed by atoms with Gasteiger partial charge in [0.2, 0.25) is 0 Å². The molecular formula is C6H8N2. The first-order chi connectivity index (χ1) is 4.20. The summed E-state index contributed by atoms with van der Waals surface area (Å²) in [6.45, 7) is 0. The first kappa shape index (κ1) is 3.78. The third kappa shape index (κ3) is 0.729. The van der Waals surface area contributed by atoms with E-state index in [1.54, 1.807) is 12.1 Å². The number of anilines is 2. The maximum Gasteiger partial charge on any atom is 0.0623 e. The van der Waals surface area contributed by atoms with Gasteiger partial charge >= 0.3 is 0 Å². The van der Waals surface area contributed by atoms with Gasteiger partial charge in [0.05, 0.1) is 12.7 Å². The third-order valence-corrected chi connectivity index (χ3v) is 0.931. The summed E-state index contributed by atoms with van der Waals surface area (Å²) in [5.41, 5.74) is 11.8. The van der Waals surface area contributed by atoms with Gasteiger partial charge in [-0.25, -0.2) is 0 Å². The topological polar surface area (TPSA) is 52.0 Å². The van der Waals surface area contributed by atoms with Crippen LogP contribution in [0.25, 0.3) is 0 Å². The van der Waals surface area contributed by atoms with Crippen LogP contribution < -0.4 is 11.5 Å². The highest BCUT2D eigenvalue weighted by molar-refractivity contribution is 5.62. The van der Waals surface area contributed by atoms with Gasteiger partial charge in [0.15, 0.2) is 0 Å². The van der Waals surface area contributed by atoms with Gasteiger partial charge in [-0.05, 0) is 12.1 Å². The zero-order valence-electron chi connectivity index (χ0n) is 5.39. The van der Waals surface area contributed by atoms with Crippen LogP contribution in [-0.4, -0.2) is 0 Å². The number of para-hydroxylation sites is 2. The Morgan fingerprint density at radius 3 is 2.38 bits per heavy atom. The zero-order chi connectivity index (χ0) is 6.85. The molecule has 0 bridgehead atoms. The molecule has 0 amide bonds. The lowest BCUT2D eigenvalue weighted by molar-refractivity contribution is 1.67. The first-order valence-electron chi connectivity index (χ1n) is 2.82. The maximum atomic E-state index is 7.10. The highest BCUT2D eigenvalue weighted by atomic mass is 14.7. The van der Waals surface area contributed by atoms with Crippen molar-refractivity contribution in [2.45, 2.75) is 0 Å². The van der Waals surface area contributed by atoms with Crippen LogP contribution in [0.1, 0.15) is 1.37 Å². The average Bonchev–Trinajstić information content (AvgIpc) is 1.80. The summed E-state index contributed by atoms with van der Waals surface area (Å²) in [6, 6.07) is 5.14. The van der Waals surface area contributed by atoms with Gasteiger partial charge in [-0.1, -0.05) is 12.1 Å². The second-order valence-electron chi connectivity index (χ2n) is 1.56. The van der Waals surface area contributed by atoms with Crippen molar-refractivity contribution in [1.29, 1.82) is 0 Å². The van der Waals surface area contributed by atoms with E-state index in [9.17, 15) is 0 Å². The smallest absolute Gasteiger partial charge is 0.0623 e. The maximum absolute atomic E-state index is 7.10. The molecule has 0 unspecified atom stereocenters. The van der Waals surface area contributed by atoms with Crippen LogP contribution in [0.15, 0.2) is 24.2 Å². The minimum Gasteiger partial charge on any atom is -0.397 e. The molecule has 0 aliphatic heterocycles. The van der Waals surface area contributed by atoms with E-state index in [-0.39, 0.29) is 0 Å². The van der Waals surface area contributed by atoms with Gasteiger partial charge in [0.25, 0.3) is 0 Å². The highest BCUT2D eigenvalue weighted by Crippen LogP contribution is 2.10. The molecule has 0 radical (unpaired) electrons. The predicted molar refractivity (Wildman–Crippen MR) is 35.3 cm³/mol. The van der Waals surface area contributed by atoms with Crippen molar-refractivity contribution in [2.24, 2.45) is 0 Å². The van der Waals surface area contributed by atoms with E-state index in [4.69, 9.17) is 12.8 Å². The van der Waals surface area contributed by atoms with Gasteiger partial charge < -0.3 is 11.5 Å². The summed E-state index contributed by atoms with van der Waals surface area (Å²) < 4.78 is 7.10. The summed E-state index contributed by atoms with van der Waals surface area (Å²) in [4.78, 5) is 0. The largest absolute Gasteiger partial charge is 0.397 e. The lowest BCUT2D eigenvalue weighted by atomic mass is 10.3. The van der Waals surface area contributed by atoms with E-state index in [1.165, 1.54) is 6.07 Å². The molecule has 2 heteroatoms. The predicted octanol–water partition coefficient (Wildman–Crippen LogP) is 0.851. The summed E-state index contributed by atoms with van der Waals surface area (Å²) >= 11 is 0. The highest BCUT2D eigenvalue weighted by Gasteiger charge is 1.85. The summed E-state index contributed by atoms with van der Waals surface area (Å²) in [5, 5.41) is 0. The molecule has 0 atom stereocenters. The first-order valence-corrected chi connectivity index (χ1v) is 2.32. The molecule has 0 aliphatic carbocycles. The van der Waals surface area contributed by atoms with Crippen LogP contribution in [0.4, 0.5) is 11.4 Å². The molecule has 0 heterocycles. The van der Waals surface area contributed by atoms with Crippen LogP contribution in [0, 0.1) is 0 Å². The van der Waals surface area contributed by atoms with E-state index in [0.29, 0.717) is 17.4 Å². The Morgan fingerprint density at radius 2 is 1.88 bits per heavy atom. The Labute approximate surface area is 49.5 Å². The lowest BCUT2D eigenvalue weighted by Crippen LogP contribution is -1.91. The molecular weight excluding hydrogens is 100 g/mol. The normalized spacial score (nSPS) is 10.8. The minimum absolute atomic E-state index is 0.390. The summed E-state index contributed by atoms with van der Waals surface area (Å²) in [5.74, 6) is 0. The molecule has 1 aromatic carbocycles. The monoisotopic (exact) mass is 109 g/mol. The SMILES string of the molecule is [2H]c1ccc(N)c(N)c1. The van der Waals surface area contributed by atoms with Gasteiger partial charge in [-0.15, -0.1) is 0 Å². The van der Waals surface area contributed by atoms with Crippen LogP contribution in [0.2, 0.25) is 0 Å². The van der Waals surface area contributed by atoms with Crippen LogP contribution in [0.5, 0.6) is 0 Å². The van der Waals surface area contributed by atoms with Crippen molar-refractivity contribution in [2.75, 3.05) is 11.5 Å². The summed E-state index contributed by atoms with van der Waals surface area (Å²) in [7, 11) is 0. The number of nitrogens with two attached hydrogens (primary N) is 2. The van der Waals surface area contributed by atoms with E-state index >= 15 is 0 Å². The number of hydrogen-bond acceptors (Lipinski definition) is 2. The molecule has 42 valence electrons. The lowest BCUT2D eigenvalue weighted by Gasteiger charge is -1.94. The van der Waals surface area contributed by atoms with Crippen LogP contribution in [-0.2, 0) is 0 Å². The Kier molecular flexibility index (Phi) is 0.821. The fourth-order valence-corrected chi connectivity index (χ4v) is 0.455. The van der Waals surface area contributed by atoms with Crippen molar-refractivity contribution in [3.05, 3.63) is 24.2 Å². The summed E-state index contributed by atoms with van der Waals surface area (Å²) in [6.07, 6.45) is 0. The fourth-order valence-electron chi connectivity index (χ4n) is 0.455. The van der Waals surface area contributed by atoms with E-state index < -0.39 is 0 Å². The van der Waals surface area contributed by atoms with Gasteiger partial charge in [-0.2, -0.15) is 0 Å². The molecule has 0 saturated carbocycles. The molecule has 1 rings (SSSR count). The van der Waals surface area contributed by atoms with Crippen LogP contribution >= 0.6 is 0 Å². The molecule has 0 spiro atoms. The molecule has 0 aliphatic rings. The van der Waals surface area contributed by atoms with Gasteiger partial charge in [-0.3, -0.25) is 0 Å². The number of rotatable bonds is 0. The van der Waals surface area contributed by atoms with Crippen molar-refractivity contribution >= 4 is 11.4 Å². The molecule has 8 heavy (non-hydrogen) atoms. The Bertz CT molecular complexity index is 222. The second-order valence-corrected chi connectivity index (χ2v) is 1.56. The fraction of sp³-hybridized carbons (Fsp3) is 0. The number of hydrogen-bond donors (Lipinski definition) is 2. The minimum atomic E-state index is 0.390. The zero-order valence-corrected chi connectivity index (χ0v) is 4.39. The standard InChI is InChI=1S/C6H8N2/c7-5-3-1-2-4-6(5)8/h1-4H,7-8H2/i1D. The van der Waals surface area contributed by atoms with E-state index in [2.05, 4.69) is 0 Å². The van der Waals surface area contributed by atoms with E-state index in [1.807, 2.05) is 0 Å². The van der Waals surface area contributed by atoms with Gasteiger partial charge in [0.1, 0.15) is 0 Å². The molecule has 2 nitrogen and oxygen atoms in total.